The molecule has 41 heavy (non-hydrogen) atoms. The summed E-state index contributed by atoms with van der Waals surface area (Å²) in [6.45, 7) is 13.0. The van der Waals surface area contributed by atoms with Gasteiger partial charge in [0.15, 0.2) is 0 Å². The summed E-state index contributed by atoms with van der Waals surface area (Å²) in [5.74, 6) is -1.73. The Kier molecular flexibility index (Phi) is 11.2. The monoisotopic (exact) mass is 563 g/mol. The molecule has 1 aromatic carbocycles. The van der Waals surface area contributed by atoms with Gasteiger partial charge in [-0.25, -0.2) is 5.43 Å². The first-order valence-corrected chi connectivity index (χ1v) is 14.0. The number of hydrazine groups is 1. The van der Waals surface area contributed by atoms with Gasteiger partial charge in [0.1, 0.15) is 24.2 Å². The zero-order chi connectivity index (χ0) is 30.1. The molecule has 10 nitrogen and oxygen atoms in total. The summed E-state index contributed by atoms with van der Waals surface area (Å²) in [6, 6.07) is 5.36. The minimum Gasteiger partial charge on any atom is -0.457 e. The molecule has 0 unspecified atom stereocenters. The van der Waals surface area contributed by atoms with Crippen molar-refractivity contribution in [3.05, 3.63) is 60.5 Å². The minimum atomic E-state index is -0.870. The fraction of sp³-hybridized carbons (Fsp3) is 0.452. The highest BCUT2D eigenvalue weighted by Crippen LogP contribution is 2.24. The van der Waals surface area contributed by atoms with Crippen LogP contribution in [0.2, 0.25) is 0 Å². The van der Waals surface area contributed by atoms with Crippen molar-refractivity contribution < 1.29 is 23.9 Å². The third-order valence-electron chi connectivity index (χ3n) is 7.01. The zero-order valence-electron chi connectivity index (χ0n) is 24.5. The van der Waals surface area contributed by atoms with Crippen molar-refractivity contribution in [2.24, 2.45) is 5.92 Å². The van der Waals surface area contributed by atoms with Crippen LogP contribution in [0.4, 0.5) is 0 Å². The van der Waals surface area contributed by atoms with Crippen LogP contribution in [0.15, 0.2) is 49.2 Å². The predicted molar refractivity (Wildman–Crippen MR) is 158 cm³/mol. The van der Waals surface area contributed by atoms with Gasteiger partial charge < -0.3 is 15.4 Å². The van der Waals surface area contributed by atoms with E-state index in [-0.39, 0.29) is 24.2 Å². The van der Waals surface area contributed by atoms with E-state index >= 15 is 0 Å². The molecular weight excluding hydrogens is 522 g/mol. The number of pyridine rings is 1. The number of benzene rings is 1. The molecule has 2 heterocycles. The fourth-order valence-corrected chi connectivity index (χ4v) is 4.57. The lowest BCUT2D eigenvalue weighted by Crippen LogP contribution is -2.61. The highest BCUT2D eigenvalue weighted by atomic mass is 16.5. The maximum atomic E-state index is 13.2. The van der Waals surface area contributed by atoms with Crippen molar-refractivity contribution >= 4 is 40.5 Å². The Morgan fingerprint density at radius 2 is 1.90 bits per heavy atom. The smallest absolute Gasteiger partial charge is 0.325 e. The van der Waals surface area contributed by atoms with Crippen LogP contribution >= 0.6 is 0 Å². The number of nitrogens with one attached hydrogen (secondary N) is 3. The van der Waals surface area contributed by atoms with Crippen molar-refractivity contribution in [2.45, 2.75) is 78.1 Å². The number of carbonyl (C=O) groups excluding carboxylic acids is 4. The average Bonchev–Trinajstić information content (AvgIpc) is 2.97. The van der Waals surface area contributed by atoms with E-state index in [2.05, 4.69) is 27.6 Å². The Balaban J connectivity index is 1.58. The van der Waals surface area contributed by atoms with Crippen LogP contribution in [0.1, 0.15) is 71.2 Å². The first kappa shape index (κ1) is 31.5. The molecule has 0 spiro atoms. The van der Waals surface area contributed by atoms with Gasteiger partial charge in [-0.05, 0) is 68.7 Å². The number of rotatable bonds is 11. The number of allylic oxidation sites excluding steroid dienone is 1. The number of aromatic nitrogens is 1. The molecular formula is C31H41N5O5. The Labute approximate surface area is 241 Å². The lowest BCUT2D eigenvalue weighted by molar-refractivity contribution is -0.157. The molecule has 3 amide bonds. The summed E-state index contributed by atoms with van der Waals surface area (Å²) < 4.78 is 5.77. The summed E-state index contributed by atoms with van der Waals surface area (Å²) in [4.78, 5) is 55.6. The van der Waals surface area contributed by atoms with Gasteiger partial charge in [-0.1, -0.05) is 44.7 Å². The van der Waals surface area contributed by atoms with Crippen molar-refractivity contribution in [2.75, 3.05) is 6.54 Å². The maximum Gasteiger partial charge on any atom is 0.325 e. The topological polar surface area (TPSA) is 130 Å². The van der Waals surface area contributed by atoms with Crippen LogP contribution in [0, 0.1) is 5.92 Å². The highest BCUT2D eigenvalue weighted by Gasteiger charge is 2.33. The normalized spacial score (nSPS) is 17.6. The summed E-state index contributed by atoms with van der Waals surface area (Å²) >= 11 is 0. The van der Waals surface area contributed by atoms with E-state index in [1.165, 1.54) is 5.01 Å². The van der Waals surface area contributed by atoms with E-state index in [1.807, 2.05) is 45.0 Å². The van der Waals surface area contributed by atoms with E-state index < -0.39 is 36.1 Å². The summed E-state index contributed by atoms with van der Waals surface area (Å²) in [7, 11) is 0. The van der Waals surface area contributed by atoms with Crippen LogP contribution in [-0.2, 0) is 23.9 Å². The molecule has 0 aliphatic carbocycles. The van der Waals surface area contributed by atoms with Crippen LogP contribution in [0.25, 0.3) is 16.8 Å². The van der Waals surface area contributed by atoms with E-state index in [0.29, 0.717) is 19.4 Å². The Morgan fingerprint density at radius 1 is 1.15 bits per heavy atom. The van der Waals surface area contributed by atoms with Crippen LogP contribution in [0.5, 0.6) is 0 Å². The molecule has 1 aliphatic heterocycles. The molecule has 1 aromatic heterocycles. The zero-order valence-corrected chi connectivity index (χ0v) is 24.5. The van der Waals surface area contributed by atoms with E-state index in [4.69, 9.17) is 4.74 Å². The number of ether oxygens (including phenoxy) is 1. The summed E-state index contributed by atoms with van der Waals surface area (Å²) in [5, 5.41) is 8.74. The van der Waals surface area contributed by atoms with E-state index in [9.17, 15) is 19.2 Å². The number of hydrogen-bond acceptors (Lipinski definition) is 7. The first-order chi connectivity index (χ1) is 19.5. The molecule has 0 bridgehead atoms. The molecule has 0 saturated carbocycles. The average molecular weight is 564 g/mol. The van der Waals surface area contributed by atoms with Crippen LogP contribution in [-0.4, -0.2) is 58.4 Å². The van der Waals surface area contributed by atoms with Gasteiger partial charge in [0, 0.05) is 24.5 Å². The van der Waals surface area contributed by atoms with Gasteiger partial charge in [-0.2, -0.15) is 0 Å². The predicted octanol–water partition coefficient (Wildman–Crippen LogP) is 3.59. The molecule has 4 atom stereocenters. The van der Waals surface area contributed by atoms with Gasteiger partial charge in [-0.3, -0.25) is 29.2 Å². The van der Waals surface area contributed by atoms with E-state index in [1.54, 1.807) is 38.3 Å². The molecule has 1 aliphatic rings. The number of amides is 3. The lowest BCUT2D eigenvalue weighted by atomic mass is 10.0. The van der Waals surface area contributed by atoms with E-state index in [0.717, 1.165) is 22.0 Å². The van der Waals surface area contributed by atoms with Gasteiger partial charge in [0.25, 0.3) is 5.91 Å². The number of hydrogen-bond donors (Lipinski definition) is 3. The van der Waals surface area contributed by atoms with Crippen molar-refractivity contribution in [1.82, 2.24) is 26.1 Å². The Bertz CT molecular complexity index is 1310. The largest absolute Gasteiger partial charge is 0.457 e. The molecule has 2 aromatic rings. The Morgan fingerprint density at radius 3 is 2.59 bits per heavy atom. The second kappa shape index (κ2) is 14.5. The van der Waals surface area contributed by atoms with Crippen molar-refractivity contribution in [1.29, 1.82) is 0 Å². The number of esters is 1. The van der Waals surface area contributed by atoms with Gasteiger partial charge in [0.2, 0.25) is 11.8 Å². The first-order valence-electron chi connectivity index (χ1n) is 14.0. The van der Waals surface area contributed by atoms with Crippen LogP contribution in [0.3, 0.4) is 0 Å². The second-order valence-corrected chi connectivity index (χ2v) is 10.6. The second-order valence-electron chi connectivity index (χ2n) is 10.6. The molecule has 1 saturated heterocycles. The summed E-state index contributed by atoms with van der Waals surface area (Å²) in [5.41, 5.74) is 4.57. The summed E-state index contributed by atoms with van der Waals surface area (Å²) in [6.07, 6.45) is 7.69. The molecule has 3 N–H and O–H groups in total. The molecule has 10 heteroatoms. The quantitative estimate of drug-likeness (QED) is 0.281. The van der Waals surface area contributed by atoms with Crippen molar-refractivity contribution in [3.63, 3.8) is 0 Å². The molecule has 0 radical (unpaired) electrons. The highest BCUT2D eigenvalue weighted by molar-refractivity contribution is 5.92. The third-order valence-corrected chi connectivity index (χ3v) is 7.01. The number of fused-ring (bicyclic) bond motifs is 1. The third kappa shape index (κ3) is 8.47. The Hall–Kier alpha value is -4.05. The molecule has 3 rings (SSSR count). The SMILES string of the molecule is C=Cc1cc2cc([C@@H](C)OC(=O)[C@@H]3CCCN(C(=O)[C@H](C)NC(=O)[C@@H](NC(=O)C/C=C/C)C(C)C)N3)ccc2cn1. The maximum absolute atomic E-state index is 13.2. The van der Waals surface area contributed by atoms with Crippen molar-refractivity contribution in [3.8, 4) is 0 Å². The van der Waals surface area contributed by atoms with Gasteiger partial charge in [0.05, 0.1) is 5.69 Å². The molecule has 1 fully saturated rings. The minimum absolute atomic E-state index is 0.171. The van der Waals surface area contributed by atoms with Crippen LogP contribution < -0.4 is 16.1 Å². The fourth-order valence-electron chi connectivity index (χ4n) is 4.57. The van der Waals surface area contributed by atoms with Gasteiger partial charge in [-0.15, -0.1) is 0 Å². The lowest BCUT2D eigenvalue weighted by Gasteiger charge is -2.35. The number of carbonyl (C=O) groups is 4. The number of nitrogens with zero attached hydrogens (tertiary/aromatic N) is 2. The van der Waals surface area contributed by atoms with Gasteiger partial charge >= 0.3 is 5.97 Å². The molecule has 220 valence electrons. The standard InChI is InChI=1S/C31H41N5O5/c1-7-9-12-27(37)34-28(19(3)4)29(38)33-20(5)30(39)36-15-10-11-26(35-36)31(40)41-21(6)22-13-14-23-18-32-25(8-2)17-24(23)16-22/h7-9,13-14,16-21,26,28,35H,2,10-12,15H2,1,3-6H3,(H,33,38)(H,34,37)/b9-7+/t20-,21+,26-,28-/m0/s1.